The van der Waals surface area contributed by atoms with Gasteiger partial charge in [-0.05, 0) is 78.9 Å². The van der Waals surface area contributed by atoms with Crippen LogP contribution in [0.3, 0.4) is 0 Å². The van der Waals surface area contributed by atoms with E-state index in [1.165, 1.54) is 18.2 Å². The Kier molecular flexibility index (Phi) is 9.49. The van der Waals surface area contributed by atoms with Gasteiger partial charge < -0.3 is 19.5 Å². The topological polar surface area (TPSA) is 83.8 Å². The van der Waals surface area contributed by atoms with Crippen LogP contribution < -0.4 is 14.4 Å². The predicted octanol–water partition coefficient (Wildman–Crippen LogP) is 9.10. The Bertz CT molecular complexity index is 2170. The molecular weight excluding hydrogens is 708 g/mol. The average molecular weight is 758 g/mol. The van der Waals surface area contributed by atoms with Crippen LogP contribution in [-0.2, 0) is 0 Å². The molecule has 12 heteroatoms. The SMILES string of the molecule is CC(C)[Si](C#Cc1c(F)ccc2cc(O)cc(-c3nc4c5c(nc(OC[C@@]67CCCN6C[C@H](F)C7)nc5c3F)N3CCCCC3CO4)c12)(C(C)C)C(C)C. The highest BCUT2D eigenvalue weighted by Gasteiger charge is 2.49. The third-order valence-corrected chi connectivity index (χ3v) is 19.1. The number of hydrogen-bond acceptors (Lipinski definition) is 8. The molecule has 0 saturated carbocycles. The summed E-state index contributed by atoms with van der Waals surface area (Å²) >= 11 is 0. The number of pyridine rings is 1. The molecule has 8 rings (SSSR count). The van der Waals surface area contributed by atoms with Gasteiger partial charge in [0, 0.05) is 30.5 Å². The normalized spacial score (nSPS) is 22.8. The maximum Gasteiger partial charge on any atom is 0.319 e. The molecule has 54 heavy (non-hydrogen) atoms. The van der Waals surface area contributed by atoms with Crippen LogP contribution >= 0.6 is 0 Å². The Morgan fingerprint density at radius 1 is 1.00 bits per heavy atom. The number of ether oxygens (including phenoxy) is 2. The fraction of sp³-hybridized carbons (Fsp3) is 0.548. The van der Waals surface area contributed by atoms with Crippen molar-refractivity contribution < 1.29 is 27.8 Å². The van der Waals surface area contributed by atoms with Crippen LogP contribution in [0.5, 0.6) is 17.6 Å². The number of hydrogen-bond donors (Lipinski definition) is 1. The quantitative estimate of drug-likeness (QED) is 0.148. The van der Waals surface area contributed by atoms with Gasteiger partial charge in [-0.25, -0.2) is 18.2 Å². The zero-order valence-electron chi connectivity index (χ0n) is 32.1. The predicted molar refractivity (Wildman–Crippen MR) is 209 cm³/mol. The second kappa shape index (κ2) is 13.9. The maximum absolute atomic E-state index is 17.5. The Morgan fingerprint density at radius 2 is 1.78 bits per heavy atom. The molecule has 4 aromatic rings. The summed E-state index contributed by atoms with van der Waals surface area (Å²) in [5.74, 6) is 2.52. The van der Waals surface area contributed by atoms with E-state index in [9.17, 15) is 9.50 Å². The average Bonchev–Trinajstić information content (AvgIpc) is 3.60. The van der Waals surface area contributed by atoms with Gasteiger partial charge in [0.25, 0.3) is 0 Å². The van der Waals surface area contributed by atoms with Gasteiger partial charge in [0.15, 0.2) is 5.82 Å². The zero-order valence-corrected chi connectivity index (χ0v) is 33.1. The summed E-state index contributed by atoms with van der Waals surface area (Å²) in [5, 5.41) is 12.2. The summed E-state index contributed by atoms with van der Waals surface area (Å²) in [7, 11) is -2.29. The number of anilines is 1. The van der Waals surface area contributed by atoms with Crippen molar-refractivity contribution in [3.63, 3.8) is 0 Å². The molecule has 0 radical (unpaired) electrons. The molecule has 8 nitrogen and oxygen atoms in total. The third kappa shape index (κ3) is 5.97. The van der Waals surface area contributed by atoms with Crippen molar-refractivity contribution >= 4 is 35.6 Å². The number of phenolic OH excluding ortho intramolecular Hbond substituents is 1. The molecule has 1 unspecified atom stereocenters. The van der Waals surface area contributed by atoms with Crippen LogP contribution in [0.1, 0.15) is 85.6 Å². The number of nitrogens with zero attached hydrogens (tertiary/aromatic N) is 5. The second-order valence-corrected chi connectivity index (χ2v) is 22.4. The van der Waals surface area contributed by atoms with Crippen LogP contribution in [0, 0.1) is 23.1 Å². The van der Waals surface area contributed by atoms with E-state index in [1.54, 1.807) is 6.07 Å². The molecule has 3 atom stereocenters. The van der Waals surface area contributed by atoms with Gasteiger partial charge in [-0.3, -0.25) is 4.90 Å². The molecule has 0 spiro atoms. The summed E-state index contributed by atoms with van der Waals surface area (Å²) in [6.45, 7) is 15.6. The Labute approximate surface area is 316 Å². The standard InChI is InChI=1S/C42H50F3N5O3Si/c1-24(2)54(25(3)4,26(5)6)17-13-31-33(44)12-11-27-18-30(51)19-32(34(27)31)37-36(45)38-35-39(50-16-8-7-10-29(50)22-52-40(35)46-37)48-41(47-38)53-23-42-14-9-15-49(42)21-28(43)20-42/h11-12,18-19,24-26,28-29,51H,7-10,14-16,20-23H2,1-6H3/t28-,29?,42+/m1/s1. The second-order valence-electron chi connectivity index (χ2n) is 16.8. The maximum atomic E-state index is 17.5. The van der Waals surface area contributed by atoms with Gasteiger partial charge in [0.1, 0.15) is 61.4 Å². The van der Waals surface area contributed by atoms with Crippen LogP contribution in [0.4, 0.5) is 19.0 Å². The molecule has 286 valence electrons. The molecule has 1 N–H and O–H groups in total. The summed E-state index contributed by atoms with van der Waals surface area (Å²) in [4.78, 5) is 18.7. The zero-order chi connectivity index (χ0) is 38.1. The van der Waals surface area contributed by atoms with Crippen LogP contribution in [0.15, 0.2) is 24.3 Å². The van der Waals surface area contributed by atoms with Crippen molar-refractivity contribution in [2.24, 2.45) is 0 Å². The number of piperidine rings is 1. The number of rotatable bonds is 7. The lowest BCUT2D eigenvalue weighted by atomic mass is 9.95. The largest absolute Gasteiger partial charge is 0.508 e. The number of benzene rings is 2. The smallest absolute Gasteiger partial charge is 0.319 e. The number of halogens is 3. The molecule has 6 heterocycles. The lowest BCUT2D eigenvalue weighted by Gasteiger charge is -2.38. The summed E-state index contributed by atoms with van der Waals surface area (Å²) in [6.07, 6.45) is 4.05. The fourth-order valence-corrected chi connectivity index (χ4v) is 15.5. The van der Waals surface area contributed by atoms with E-state index in [1.807, 2.05) is 0 Å². The number of alkyl halides is 1. The molecule has 2 aromatic heterocycles. The third-order valence-electron chi connectivity index (χ3n) is 12.8. The van der Waals surface area contributed by atoms with E-state index in [4.69, 9.17) is 19.4 Å². The monoisotopic (exact) mass is 757 g/mol. The fourth-order valence-electron chi connectivity index (χ4n) is 10.3. The molecule has 0 aliphatic carbocycles. The van der Waals surface area contributed by atoms with E-state index < -0.39 is 31.4 Å². The molecule has 3 saturated heterocycles. The Balaban J connectivity index is 1.33. The van der Waals surface area contributed by atoms with E-state index in [-0.39, 0.29) is 52.6 Å². The molecule has 0 amide bonds. The van der Waals surface area contributed by atoms with Gasteiger partial charge in [-0.1, -0.05) is 53.5 Å². The van der Waals surface area contributed by atoms with Crippen LogP contribution in [-0.4, -0.2) is 83.6 Å². The Morgan fingerprint density at radius 3 is 2.54 bits per heavy atom. The summed E-state index contributed by atoms with van der Waals surface area (Å²) in [6, 6.07) is 5.86. The number of fused-ring (bicyclic) bond motifs is 4. The lowest BCUT2D eigenvalue weighted by molar-refractivity contribution is 0.107. The molecule has 4 aliphatic heterocycles. The van der Waals surface area contributed by atoms with Crippen molar-refractivity contribution in [3.8, 4) is 40.4 Å². The minimum Gasteiger partial charge on any atom is -0.508 e. The lowest BCUT2D eigenvalue weighted by Crippen LogP contribution is -2.44. The van der Waals surface area contributed by atoms with Gasteiger partial charge in [-0.15, -0.1) is 5.54 Å². The first kappa shape index (κ1) is 36.9. The van der Waals surface area contributed by atoms with Crippen molar-refractivity contribution in [3.05, 3.63) is 41.5 Å². The van der Waals surface area contributed by atoms with Crippen molar-refractivity contribution in [1.29, 1.82) is 0 Å². The summed E-state index contributed by atoms with van der Waals surface area (Å²) < 4.78 is 60.9. The van der Waals surface area contributed by atoms with E-state index in [2.05, 4.69) is 67.8 Å². The first-order valence-corrected chi connectivity index (χ1v) is 21.9. The van der Waals surface area contributed by atoms with Crippen molar-refractivity contribution in [2.75, 3.05) is 37.7 Å². The molecule has 2 aromatic carbocycles. The van der Waals surface area contributed by atoms with Gasteiger partial charge >= 0.3 is 6.01 Å². The van der Waals surface area contributed by atoms with Gasteiger partial charge in [0.05, 0.1) is 17.1 Å². The molecule has 4 aliphatic rings. The first-order valence-electron chi connectivity index (χ1n) is 19.6. The number of aromatic hydroxyl groups is 1. The van der Waals surface area contributed by atoms with E-state index in [0.29, 0.717) is 64.7 Å². The molecule has 0 bridgehead atoms. The van der Waals surface area contributed by atoms with Crippen LogP contribution in [0.2, 0.25) is 16.6 Å². The molecular formula is C42H50F3N5O3Si. The minimum absolute atomic E-state index is 0.00461. The van der Waals surface area contributed by atoms with Gasteiger partial charge in [-0.2, -0.15) is 9.97 Å². The highest BCUT2D eigenvalue weighted by atomic mass is 28.3. The van der Waals surface area contributed by atoms with Crippen molar-refractivity contribution in [2.45, 2.75) is 114 Å². The highest BCUT2D eigenvalue weighted by molar-refractivity contribution is 6.90. The van der Waals surface area contributed by atoms with Crippen LogP contribution in [0.25, 0.3) is 32.9 Å². The van der Waals surface area contributed by atoms with E-state index in [0.717, 1.165) is 38.6 Å². The minimum atomic E-state index is -2.29. The first-order chi connectivity index (χ1) is 25.8. The van der Waals surface area contributed by atoms with Crippen molar-refractivity contribution in [1.82, 2.24) is 19.9 Å². The number of aromatic nitrogens is 3. The Hall–Kier alpha value is -4.08. The van der Waals surface area contributed by atoms with E-state index >= 15 is 8.78 Å². The summed E-state index contributed by atoms with van der Waals surface area (Å²) in [5.41, 5.74) is 4.28. The number of phenols is 1. The molecule has 3 fully saturated rings. The van der Waals surface area contributed by atoms with Gasteiger partial charge in [0.2, 0.25) is 5.88 Å². The highest BCUT2D eigenvalue weighted by Crippen LogP contribution is 2.46.